The third kappa shape index (κ3) is 35.9. The Morgan fingerprint density at radius 3 is 1.34 bits per heavy atom. The van der Waals surface area contributed by atoms with Crippen molar-refractivity contribution in [3.05, 3.63) is 24.3 Å². The molecule has 0 spiro atoms. The number of rotatable bonds is 36. The summed E-state index contributed by atoms with van der Waals surface area (Å²) in [4.78, 5) is 12.5. The van der Waals surface area contributed by atoms with Gasteiger partial charge in [-0.05, 0) is 32.1 Å². The number of hydrogen-bond donors (Lipinski definition) is 3. The minimum atomic E-state index is -4.35. The number of carbonyl (C=O) groups is 1. The molecule has 0 aliphatic heterocycles. The smallest absolute Gasteiger partial charge is 0.267 e. The Morgan fingerprint density at radius 2 is 0.915 bits per heavy atom. The Morgan fingerprint density at radius 1 is 0.553 bits per heavy atom. The van der Waals surface area contributed by atoms with Crippen molar-refractivity contribution in [2.24, 2.45) is 0 Å². The summed E-state index contributed by atoms with van der Waals surface area (Å²) in [6.45, 7) is 4.52. The highest BCUT2D eigenvalue weighted by atomic mass is 32.2. The van der Waals surface area contributed by atoms with Crippen molar-refractivity contribution in [3.63, 3.8) is 0 Å². The Bertz CT molecular complexity index is 842. The summed E-state index contributed by atoms with van der Waals surface area (Å²) in [5.41, 5.74) is 0. The molecule has 0 aromatic carbocycles. The number of aliphatic hydroxyl groups excluding tert-OH is 1. The fraction of sp³-hybridized carbons (Fsp3) is 0.875. The van der Waals surface area contributed by atoms with Gasteiger partial charge in [0, 0.05) is 6.42 Å². The average molecular weight is 684 g/mol. The van der Waals surface area contributed by atoms with E-state index in [1.807, 2.05) is 6.08 Å². The van der Waals surface area contributed by atoms with Gasteiger partial charge in [-0.25, -0.2) is 0 Å². The lowest BCUT2D eigenvalue weighted by atomic mass is 10.0. The predicted molar refractivity (Wildman–Crippen MR) is 202 cm³/mol. The van der Waals surface area contributed by atoms with Crippen molar-refractivity contribution in [2.75, 3.05) is 5.75 Å². The molecule has 0 aromatic heterocycles. The summed E-state index contributed by atoms with van der Waals surface area (Å²) >= 11 is 0. The summed E-state index contributed by atoms with van der Waals surface area (Å²) < 4.78 is 32.4. The van der Waals surface area contributed by atoms with Gasteiger partial charge in [0.25, 0.3) is 10.1 Å². The van der Waals surface area contributed by atoms with E-state index in [-0.39, 0.29) is 5.91 Å². The molecule has 0 rings (SSSR count). The summed E-state index contributed by atoms with van der Waals surface area (Å²) in [7, 11) is -4.35. The molecule has 0 heterocycles. The van der Waals surface area contributed by atoms with E-state index >= 15 is 0 Å². The lowest BCUT2D eigenvalue weighted by molar-refractivity contribution is -0.122. The van der Waals surface area contributed by atoms with Gasteiger partial charge in [-0.1, -0.05) is 192 Å². The van der Waals surface area contributed by atoms with Crippen LogP contribution in [-0.4, -0.2) is 41.9 Å². The third-order valence-electron chi connectivity index (χ3n) is 9.13. The zero-order valence-corrected chi connectivity index (χ0v) is 31.7. The van der Waals surface area contributed by atoms with Gasteiger partial charge in [-0.15, -0.1) is 0 Å². The fourth-order valence-corrected chi connectivity index (χ4v) is 6.85. The Hall–Kier alpha value is -1.18. The molecule has 2 atom stereocenters. The molecule has 0 saturated heterocycles. The predicted octanol–water partition coefficient (Wildman–Crippen LogP) is 11.6. The zero-order valence-electron chi connectivity index (χ0n) is 30.9. The molecule has 6 nitrogen and oxygen atoms in total. The lowest BCUT2D eigenvalue weighted by Crippen LogP contribution is -2.46. The number of allylic oxidation sites excluding steroid dienone is 3. The minimum Gasteiger partial charge on any atom is -0.387 e. The Labute approximate surface area is 292 Å². The summed E-state index contributed by atoms with van der Waals surface area (Å²) in [5.74, 6) is -0.992. The van der Waals surface area contributed by atoms with Gasteiger partial charge < -0.3 is 10.4 Å². The van der Waals surface area contributed by atoms with Crippen molar-refractivity contribution in [3.8, 4) is 0 Å². The van der Waals surface area contributed by atoms with Crippen LogP contribution < -0.4 is 5.32 Å². The molecule has 0 radical (unpaired) electrons. The van der Waals surface area contributed by atoms with Gasteiger partial charge >= 0.3 is 0 Å². The third-order valence-corrected chi connectivity index (χ3v) is 9.91. The molecule has 1 amide bonds. The molecule has 0 fully saturated rings. The van der Waals surface area contributed by atoms with Crippen molar-refractivity contribution < 1.29 is 22.9 Å². The van der Waals surface area contributed by atoms with Crippen molar-refractivity contribution in [1.29, 1.82) is 0 Å². The van der Waals surface area contributed by atoms with Gasteiger partial charge in [0.1, 0.15) is 0 Å². The molecule has 0 aliphatic carbocycles. The first-order valence-corrected chi connectivity index (χ1v) is 21.6. The highest BCUT2D eigenvalue weighted by Crippen LogP contribution is 2.15. The monoisotopic (exact) mass is 684 g/mol. The highest BCUT2D eigenvalue weighted by molar-refractivity contribution is 7.85. The number of nitrogens with one attached hydrogen (secondary N) is 1. The molecule has 2 unspecified atom stereocenters. The van der Waals surface area contributed by atoms with Crippen LogP contribution in [0.3, 0.4) is 0 Å². The topological polar surface area (TPSA) is 104 Å². The molecule has 0 aromatic rings. The standard InChI is InChI=1S/C40H77NO5S/c1-3-5-7-9-11-13-15-17-19-20-21-22-24-26-28-30-32-34-36-40(43)41-38(37-47(44,45)46)39(42)35-33-31-29-27-25-23-18-16-14-12-10-8-6-4-2/h25,27,33,35,38-39,42H,3-24,26,28-32,34,36-37H2,1-2H3,(H,41,43)(H,44,45,46)/b27-25+,35-33+. The molecule has 7 heteroatoms. The second-order valence-electron chi connectivity index (χ2n) is 13.9. The second kappa shape index (κ2) is 34.7. The van der Waals surface area contributed by atoms with E-state index in [0.29, 0.717) is 6.42 Å². The van der Waals surface area contributed by atoms with E-state index in [0.717, 1.165) is 38.5 Å². The largest absolute Gasteiger partial charge is 0.387 e. The van der Waals surface area contributed by atoms with Gasteiger partial charge in [0.05, 0.1) is 17.9 Å². The second-order valence-corrected chi connectivity index (χ2v) is 15.4. The molecular formula is C40H77NO5S. The zero-order chi connectivity index (χ0) is 34.7. The van der Waals surface area contributed by atoms with Gasteiger partial charge in [0.2, 0.25) is 5.91 Å². The van der Waals surface area contributed by atoms with Crippen molar-refractivity contribution in [2.45, 2.75) is 219 Å². The van der Waals surface area contributed by atoms with Crippen LogP contribution in [0, 0.1) is 0 Å². The van der Waals surface area contributed by atoms with Crippen LogP contribution in [0.4, 0.5) is 0 Å². The highest BCUT2D eigenvalue weighted by Gasteiger charge is 2.24. The van der Waals surface area contributed by atoms with Crippen LogP contribution in [-0.2, 0) is 14.9 Å². The van der Waals surface area contributed by atoms with Crippen LogP contribution in [0.2, 0.25) is 0 Å². The van der Waals surface area contributed by atoms with Crippen LogP contribution in [0.25, 0.3) is 0 Å². The minimum absolute atomic E-state index is 0.286. The van der Waals surface area contributed by atoms with E-state index in [9.17, 15) is 22.9 Å². The SMILES string of the molecule is CCCCCCCCCC/C=C/CC/C=C/C(O)C(CS(=O)(=O)O)NC(=O)CCCCCCCCCCCCCCCCCCCC. The maximum absolute atomic E-state index is 12.5. The fourth-order valence-electron chi connectivity index (χ4n) is 6.11. The normalized spacial score (nSPS) is 13.5. The number of hydrogen-bond acceptors (Lipinski definition) is 4. The number of unbranched alkanes of at least 4 members (excludes halogenated alkanes) is 26. The van der Waals surface area contributed by atoms with Gasteiger partial charge in [-0.3, -0.25) is 9.35 Å². The first-order chi connectivity index (χ1) is 22.8. The number of amides is 1. The van der Waals surface area contributed by atoms with E-state index in [1.165, 1.54) is 154 Å². The lowest BCUT2D eigenvalue weighted by Gasteiger charge is -2.21. The van der Waals surface area contributed by atoms with E-state index in [2.05, 4.69) is 31.3 Å². The van der Waals surface area contributed by atoms with Gasteiger partial charge in [-0.2, -0.15) is 8.42 Å². The van der Waals surface area contributed by atoms with Crippen molar-refractivity contribution in [1.82, 2.24) is 5.32 Å². The molecule has 0 saturated carbocycles. The quantitative estimate of drug-likeness (QED) is 0.0346. The van der Waals surface area contributed by atoms with E-state index in [4.69, 9.17) is 0 Å². The van der Waals surface area contributed by atoms with Crippen LogP contribution in [0.15, 0.2) is 24.3 Å². The summed E-state index contributed by atoms with van der Waals surface area (Å²) in [6.07, 6.45) is 43.1. The molecule has 3 N–H and O–H groups in total. The summed E-state index contributed by atoms with van der Waals surface area (Å²) in [5, 5.41) is 13.2. The molecule has 0 bridgehead atoms. The first-order valence-electron chi connectivity index (χ1n) is 20.0. The summed E-state index contributed by atoms with van der Waals surface area (Å²) in [6, 6.07) is -1.07. The molecule has 47 heavy (non-hydrogen) atoms. The maximum Gasteiger partial charge on any atom is 0.267 e. The maximum atomic E-state index is 12.5. The molecule has 278 valence electrons. The number of carbonyl (C=O) groups excluding carboxylic acids is 1. The Balaban J connectivity index is 3.93. The van der Waals surface area contributed by atoms with Crippen LogP contribution in [0.5, 0.6) is 0 Å². The van der Waals surface area contributed by atoms with E-state index in [1.54, 1.807) is 0 Å². The van der Waals surface area contributed by atoms with Crippen LogP contribution >= 0.6 is 0 Å². The first kappa shape index (κ1) is 45.8. The number of aliphatic hydroxyl groups is 1. The van der Waals surface area contributed by atoms with Gasteiger partial charge in [0.15, 0.2) is 0 Å². The Kier molecular flexibility index (Phi) is 33.8. The van der Waals surface area contributed by atoms with E-state index < -0.39 is 28.0 Å². The molecular weight excluding hydrogens is 607 g/mol. The van der Waals surface area contributed by atoms with Crippen LogP contribution in [0.1, 0.15) is 206 Å². The average Bonchev–Trinajstić information content (AvgIpc) is 3.03. The molecule has 0 aliphatic rings. The van der Waals surface area contributed by atoms with Crippen molar-refractivity contribution >= 4 is 16.0 Å².